The van der Waals surface area contributed by atoms with Gasteiger partial charge in [0, 0.05) is 64.3 Å². The molecule has 3 aliphatic rings. The summed E-state index contributed by atoms with van der Waals surface area (Å²) in [5.41, 5.74) is 0.405. The molecule has 1 aromatic carbocycles. The summed E-state index contributed by atoms with van der Waals surface area (Å²) in [6.45, 7) is 11.0. The largest absolute Gasteiger partial charge is 0.444 e. The van der Waals surface area contributed by atoms with E-state index < -0.39 is 11.6 Å². The number of ether oxygens (including phenoxy) is 1. The molecular formula is C26H36ClN5O5. The number of nitrogens with zero attached hydrogens (tertiary/aromatic N) is 4. The van der Waals surface area contributed by atoms with Crippen LogP contribution in [0.5, 0.6) is 0 Å². The number of rotatable bonds is 4. The monoisotopic (exact) mass is 533 g/mol. The van der Waals surface area contributed by atoms with Crippen LogP contribution in [-0.2, 0) is 9.53 Å². The van der Waals surface area contributed by atoms with E-state index in [1.54, 1.807) is 23.1 Å². The minimum absolute atomic E-state index is 0.100. The van der Waals surface area contributed by atoms with Crippen LogP contribution in [0.15, 0.2) is 18.2 Å². The highest BCUT2D eigenvalue weighted by molar-refractivity contribution is 6.34. The number of piperidine rings is 1. The number of hydrogen-bond acceptors (Lipinski definition) is 6. The topological polar surface area (TPSA) is 102 Å². The summed E-state index contributed by atoms with van der Waals surface area (Å²) < 4.78 is 5.49. The lowest BCUT2D eigenvalue weighted by molar-refractivity contribution is -0.120. The van der Waals surface area contributed by atoms with Gasteiger partial charge in [0.15, 0.2) is 0 Å². The van der Waals surface area contributed by atoms with Crippen molar-refractivity contribution in [2.75, 3.05) is 57.3 Å². The second-order valence-electron chi connectivity index (χ2n) is 10.9. The summed E-state index contributed by atoms with van der Waals surface area (Å²) in [6.07, 6.45) is 1.84. The van der Waals surface area contributed by atoms with Crippen molar-refractivity contribution in [2.45, 2.75) is 45.6 Å². The lowest BCUT2D eigenvalue weighted by Gasteiger charge is -2.39. The smallest absolute Gasteiger partial charge is 0.410 e. The molecule has 3 saturated heterocycles. The number of anilines is 1. The minimum atomic E-state index is -0.534. The van der Waals surface area contributed by atoms with Gasteiger partial charge in [-0.05, 0) is 57.7 Å². The Balaban J connectivity index is 1.26. The van der Waals surface area contributed by atoms with Crippen molar-refractivity contribution in [2.24, 2.45) is 5.92 Å². The number of imide groups is 1. The number of nitrogens with one attached hydrogen (secondary N) is 1. The molecule has 10 nitrogen and oxygen atoms in total. The Morgan fingerprint density at radius 2 is 1.68 bits per heavy atom. The van der Waals surface area contributed by atoms with Crippen LogP contribution in [0.1, 0.15) is 50.4 Å². The van der Waals surface area contributed by atoms with Gasteiger partial charge in [-0.3, -0.25) is 24.7 Å². The van der Waals surface area contributed by atoms with Gasteiger partial charge >= 0.3 is 12.1 Å². The molecule has 1 N–H and O–H groups in total. The molecule has 4 rings (SSSR count). The molecule has 1 aromatic rings. The van der Waals surface area contributed by atoms with E-state index in [9.17, 15) is 19.2 Å². The Morgan fingerprint density at radius 1 is 1.00 bits per heavy atom. The predicted molar refractivity (Wildman–Crippen MR) is 140 cm³/mol. The molecule has 202 valence electrons. The molecule has 0 aromatic heterocycles. The zero-order valence-electron chi connectivity index (χ0n) is 21.8. The summed E-state index contributed by atoms with van der Waals surface area (Å²) in [5, 5.41) is 2.64. The highest BCUT2D eigenvalue weighted by Crippen LogP contribution is 2.29. The number of amides is 5. The van der Waals surface area contributed by atoms with Crippen LogP contribution in [0.2, 0.25) is 5.02 Å². The van der Waals surface area contributed by atoms with E-state index in [4.69, 9.17) is 16.3 Å². The third-order valence-corrected chi connectivity index (χ3v) is 7.30. The van der Waals surface area contributed by atoms with Crippen LogP contribution in [0.4, 0.5) is 15.3 Å². The molecule has 0 saturated carbocycles. The van der Waals surface area contributed by atoms with Gasteiger partial charge < -0.3 is 14.5 Å². The number of urea groups is 1. The normalized spacial score (nSPS) is 20.2. The number of carbonyl (C=O) groups excluding carboxylic acids is 4. The van der Waals surface area contributed by atoms with Crippen molar-refractivity contribution >= 4 is 41.2 Å². The van der Waals surface area contributed by atoms with E-state index in [2.05, 4.69) is 10.2 Å². The molecule has 0 bridgehead atoms. The first-order valence-corrected chi connectivity index (χ1v) is 13.3. The van der Waals surface area contributed by atoms with Crippen molar-refractivity contribution in [3.05, 3.63) is 28.8 Å². The molecule has 37 heavy (non-hydrogen) atoms. The molecule has 0 atom stereocenters. The lowest BCUT2D eigenvalue weighted by Crippen LogP contribution is -2.51. The summed E-state index contributed by atoms with van der Waals surface area (Å²) in [7, 11) is 0. The number of carbonyl (C=O) groups is 4. The molecule has 0 radical (unpaired) electrons. The fourth-order valence-electron chi connectivity index (χ4n) is 4.95. The fourth-order valence-corrected chi connectivity index (χ4v) is 5.17. The van der Waals surface area contributed by atoms with Gasteiger partial charge in [0.05, 0.1) is 10.7 Å². The first kappa shape index (κ1) is 27.2. The second kappa shape index (κ2) is 11.3. The Labute approximate surface area is 222 Å². The zero-order valence-corrected chi connectivity index (χ0v) is 22.6. The van der Waals surface area contributed by atoms with Gasteiger partial charge in [0.25, 0.3) is 5.91 Å². The van der Waals surface area contributed by atoms with Crippen molar-refractivity contribution in [1.82, 2.24) is 20.0 Å². The van der Waals surface area contributed by atoms with Gasteiger partial charge in [-0.1, -0.05) is 11.6 Å². The van der Waals surface area contributed by atoms with Crippen molar-refractivity contribution in [1.29, 1.82) is 0 Å². The molecule has 5 amide bonds. The van der Waals surface area contributed by atoms with E-state index >= 15 is 0 Å². The van der Waals surface area contributed by atoms with E-state index in [-0.39, 0.29) is 30.9 Å². The SMILES string of the molecule is CC(C)(C)OC(=O)N1CCC(CN2CCN(C(=O)c3ccc(Cl)c(N4CCC(=O)NC4=O)c3)CC2)CC1. The van der Waals surface area contributed by atoms with E-state index in [0.717, 1.165) is 32.5 Å². The molecule has 11 heteroatoms. The average molecular weight is 534 g/mol. The number of benzene rings is 1. The highest BCUT2D eigenvalue weighted by Gasteiger charge is 2.30. The molecule has 3 aliphatic heterocycles. The first-order chi connectivity index (χ1) is 17.5. The average Bonchev–Trinajstić information content (AvgIpc) is 2.84. The predicted octanol–water partition coefficient (Wildman–Crippen LogP) is 3.19. The van der Waals surface area contributed by atoms with Crippen LogP contribution >= 0.6 is 11.6 Å². The quantitative estimate of drug-likeness (QED) is 0.637. The van der Waals surface area contributed by atoms with Crippen molar-refractivity contribution in [3.8, 4) is 0 Å². The Bertz CT molecular complexity index is 1040. The maximum atomic E-state index is 13.2. The van der Waals surface area contributed by atoms with Crippen molar-refractivity contribution in [3.63, 3.8) is 0 Å². The molecule has 0 unspecified atom stereocenters. The first-order valence-electron chi connectivity index (χ1n) is 12.9. The Hall–Kier alpha value is -2.85. The van der Waals surface area contributed by atoms with Crippen LogP contribution in [0.25, 0.3) is 0 Å². The van der Waals surface area contributed by atoms with Gasteiger partial charge in [0.1, 0.15) is 5.60 Å². The number of halogens is 1. The van der Waals surface area contributed by atoms with Crippen LogP contribution in [0.3, 0.4) is 0 Å². The second-order valence-corrected chi connectivity index (χ2v) is 11.3. The summed E-state index contributed by atoms with van der Waals surface area (Å²) in [6, 6.07) is 4.39. The number of hydrogen-bond donors (Lipinski definition) is 1. The molecule has 3 heterocycles. The third kappa shape index (κ3) is 6.93. The highest BCUT2D eigenvalue weighted by atomic mass is 35.5. The summed E-state index contributed by atoms with van der Waals surface area (Å²) in [5.74, 6) is 0.0927. The minimum Gasteiger partial charge on any atom is -0.444 e. The molecule has 3 fully saturated rings. The molecular weight excluding hydrogens is 498 g/mol. The van der Waals surface area contributed by atoms with E-state index in [1.807, 2.05) is 25.7 Å². The van der Waals surface area contributed by atoms with Crippen LogP contribution in [-0.4, -0.2) is 96.6 Å². The van der Waals surface area contributed by atoms with Gasteiger partial charge in [-0.2, -0.15) is 0 Å². The van der Waals surface area contributed by atoms with Gasteiger partial charge in [-0.15, -0.1) is 0 Å². The third-order valence-electron chi connectivity index (χ3n) is 6.98. The lowest BCUT2D eigenvalue weighted by atomic mass is 9.96. The molecule has 0 aliphatic carbocycles. The van der Waals surface area contributed by atoms with E-state index in [0.29, 0.717) is 48.4 Å². The summed E-state index contributed by atoms with van der Waals surface area (Å²) in [4.78, 5) is 56.7. The van der Waals surface area contributed by atoms with Crippen LogP contribution in [0, 0.1) is 5.92 Å². The zero-order chi connectivity index (χ0) is 26.7. The van der Waals surface area contributed by atoms with Gasteiger partial charge in [0.2, 0.25) is 5.91 Å². The fraction of sp³-hybridized carbons (Fsp3) is 0.615. The van der Waals surface area contributed by atoms with Gasteiger partial charge in [-0.25, -0.2) is 9.59 Å². The Kier molecular flexibility index (Phi) is 8.28. The number of likely N-dealkylation sites (tertiary alicyclic amines) is 1. The van der Waals surface area contributed by atoms with E-state index in [1.165, 1.54) is 4.90 Å². The molecule has 0 spiro atoms. The van der Waals surface area contributed by atoms with Crippen LogP contribution < -0.4 is 10.2 Å². The van der Waals surface area contributed by atoms with Crippen molar-refractivity contribution < 1.29 is 23.9 Å². The maximum absolute atomic E-state index is 13.2. The summed E-state index contributed by atoms with van der Waals surface area (Å²) >= 11 is 6.32. The maximum Gasteiger partial charge on any atom is 0.410 e. The standard InChI is InChI=1S/C26H36ClN5O5/c1-26(2,3)37-25(36)31-9-6-18(7-10-31)17-29-12-14-30(15-13-29)23(34)19-4-5-20(27)21(16-19)32-11-8-22(33)28-24(32)35/h4-5,16,18H,6-15,17H2,1-3H3,(H,28,33,35). The number of piperazine rings is 1. The Morgan fingerprint density at radius 3 is 2.30 bits per heavy atom.